The first-order valence-corrected chi connectivity index (χ1v) is 9.73. The van der Waals surface area contributed by atoms with E-state index in [1.807, 2.05) is 19.1 Å². The number of hydrogen-bond donors (Lipinski definition) is 2. The van der Waals surface area contributed by atoms with E-state index in [9.17, 15) is 10.1 Å². The number of allylic oxidation sites excluding steroid dienone is 1. The normalized spacial score (nSPS) is 19.4. The number of nitrogens with one attached hydrogen (secondary N) is 1. The number of rotatable bonds is 4. The molecule has 29 heavy (non-hydrogen) atoms. The second kappa shape index (κ2) is 8.07. The van der Waals surface area contributed by atoms with Gasteiger partial charge in [0.15, 0.2) is 0 Å². The van der Waals surface area contributed by atoms with Crippen LogP contribution < -0.4 is 20.9 Å². The molecule has 0 aliphatic carbocycles. The number of nitriles is 1. The lowest BCUT2D eigenvalue weighted by molar-refractivity contribution is -0.908. The first-order chi connectivity index (χ1) is 14.1. The summed E-state index contributed by atoms with van der Waals surface area (Å²) in [5.74, 6) is -0.150. The SMILES string of the molecule is Cc1cc2c(c(=O)n1CC[NH+]1CCOCC1)[C@@H](c1cccnc1)C(C#N)=C(N)O2. The Balaban J connectivity index is 1.77. The van der Waals surface area contributed by atoms with Crippen molar-refractivity contribution in [3.05, 3.63) is 69.2 Å². The Labute approximate surface area is 168 Å². The summed E-state index contributed by atoms with van der Waals surface area (Å²) in [7, 11) is 0. The molecule has 2 aliphatic rings. The van der Waals surface area contributed by atoms with Gasteiger partial charge in [-0.3, -0.25) is 9.78 Å². The van der Waals surface area contributed by atoms with E-state index in [-0.39, 0.29) is 17.0 Å². The van der Waals surface area contributed by atoms with Crippen molar-refractivity contribution in [3.63, 3.8) is 0 Å². The summed E-state index contributed by atoms with van der Waals surface area (Å²) < 4.78 is 12.9. The van der Waals surface area contributed by atoms with E-state index in [0.717, 1.165) is 44.1 Å². The molecule has 1 saturated heterocycles. The average molecular weight is 394 g/mol. The molecule has 0 radical (unpaired) electrons. The molecule has 0 aromatic carbocycles. The van der Waals surface area contributed by atoms with Crippen LogP contribution >= 0.6 is 0 Å². The van der Waals surface area contributed by atoms with E-state index in [1.54, 1.807) is 23.0 Å². The summed E-state index contributed by atoms with van der Waals surface area (Å²) in [5.41, 5.74) is 8.08. The Morgan fingerprint density at radius 1 is 1.41 bits per heavy atom. The summed E-state index contributed by atoms with van der Waals surface area (Å²) in [5, 5.41) is 9.69. The lowest BCUT2D eigenvalue weighted by atomic mass is 9.85. The summed E-state index contributed by atoms with van der Waals surface area (Å²) in [4.78, 5) is 19.1. The van der Waals surface area contributed by atoms with E-state index in [1.165, 1.54) is 4.90 Å². The first kappa shape index (κ1) is 19.2. The predicted molar refractivity (Wildman–Crippen MR) is 105 cm³/mol. The number of aryl methyl sites for hydroxylation is 1. The monoisotopic (exact) mass is 394 g/mol. The highest BCUT2D eigenvalue weighted by atomic mass is 16.5. The van der Waals surface area contributed by atoms with Gasteiger partial charge < -0.3 is 24.7 Å². The second-order valence-corrected chi connectivity index (χ2v) is 7.34. The molecule has 0 saturated carbocycles. The molecule has 0 bridgehead atoms. The molecule has 1 atom stereocenters. The lowest BCUT2D eigenvalue weighted by Crippen LogP contribution is -3.14. The van der Waals surface area contributed by atoms with Crippen LogP contribution in [0.2, 0.25) is 0 Å². The van der Waals surface area contributed by atoms with Crippen molar-refractivity contribution in [2.24, 2.45) is 5.73 Å². The van der Waals surface area contributed by atoms with E-state index in [2.05, 4.69) is 11.1 Å². The van der Waals surface area contributed by atoms with Gasteiger partial charge in [0.2, 0.25) is 5.88 Å². The van der Waals surface area contributed by atoms with Gasteiger partial charge in [0.05, 0.1) is 37.8 Å². The van der Waals surface area contributed by atoms with Gasteiger partial charge in [-0.15, -0.1) is 0 Å². The van der Waals surface area contributed by atoms with Crippen molar-refractivity contribution in [2.45, 2.75) is 19.4 Å². The fourth-order valence-corrected chi connectivity index (χ4v) is 4.02. The fraction of sp³-hybridized carbons (Fsp3) is 0.381. The smallest absolute Gasteiger partial charge is 0.258 e. The molecular formula is C21H24N5O3+. The first-order valence-electron chi connectivity index (χ1n) is 9.73. The highest BCUT2D eigenvalue weighted by Gasteiger charge is 2.34. The van der Waals surface area contributed by atoms with Gasteiger partial charge in [0.25, 0.3) is 5.56 Å². The van der Waals surface area contributed by atoms with Crippen LogP contribution in [0.4, 0.5) is 0 Å². The number of morpholine rings is 1. The average Bonchev–Trinajstić information content (AvgIpc) is 2.74. The van der Waals surface area contributed by atoms with Crippen molar-refractivity contribution >= 4 is 0 Å². The second-order valence-electron chi connectivity index (χ2n) is 7.34. The van der Waals surface area contributed by atoms with Crippen molar-refractivity contribution in [1.29, 1.82) is 5.26 Å². The third kappa shape index (κ3) is 3.62. The molecule has 2 aromatic rings. The molecule has 3 N–H and O–H groups in total. The standard InChI is InChI=1S/C21H23N5O3/c1-14-11-17-19(21(27)26(14)6-5-25-7-9-28-10-8-25)18(15-3-2-4-24-13-15)16(12-22)20(23)29-17/h2-4,11,13,18H,5-10,23H2,1H3/p+1/t18-/m0/s1. The van der Waals surface area contributed by atoms with Crippen molar-refractivity contribution in [1.82, 2.24) is 9.55 Å². The number of fused-ring (bicyclic) bond motifs is 1. The van der Waals surface area contributed by atoms with Gasteiger partial charge in [0, 0.05) is 24.2 Å². The van der Waals surface area contributed by atoms with E-state index >= 15 is 0 Å². The number of nitrogens with two attached hydrogens (primary N) is 1. The van der Waals surface area contributed by atoms with Crippen LogP contribution in [0.1, 0.15) is 22.7 Å². The molecule has 2 aliphatic heterocycles. The molecule has 2 aromatic heterocycles. The highest BCUT2D eigenvalue weighted by molar-refractivity contribution is 5.54. The minimum Gasteiger partial charge on any atom is -0.440 e. The van der Waals surface area contributed by atoms with E-state index in [0.29, 0.717) is 17.9 Å². The summed E-state index contributed by atoms with van der Waals surface area (Å²) in [6.07, 6.45) is 3.31. The molecule has 8 nitrogen and oxygen atoms in total. The number of ether oxygens (including phenoxy) is 2. The molecule has 8 heteroatoms. The van der Waals surface area contributed by atoms with Crippen LogP contribution in [0.25, 0.3) is 0 Å². The van der Waals surface area contributed by atoms with E-state index in [4.69, 9.17) is 15.2 Å². The third-order valence-corrected chi connectivity index (χ3v) is 5.60. The van der Waals surface area contributed by atoms with Gasteiger partial charge in [-0.1, -0.05) is 6.07 Å². The minimum absolute atomic E-state index is 0.0307. The minimum atomic E-state index is -0.590. The Morgan fingerprint density at radius 3 is 2.90 bits per heavy atom. The molecule has 0 spiro atoms. The largest absolute Gasteiger partial charge is 0.440 e. The Hall–Kier alpha value is -3.15. The van der Waals surface area contributed by atoms with Crippen molar-refractivity contribution in [2.75, 3.05) is 32.8 Å². The zero-order valence-electron chi connectivity index (χ0n) is 16.4. The van der Waals surface area contributed by atoms with Gasteiger partial charge in [-0.25, -0.2) is 0 Å². The van der Waals surface area contributed by atoms with Crippen LogP contribution in [0.5, 0.6) is 5.75 Å². The molecule has 1 fully saturated rings. The molecule has 4 rings (SSSR count). The summed E-state index contributed by atoms with van der Waals surface area (Å²) in [6.45, 7) is 6.70. The highest BCUT2D eigenvalue weighted by Crippen LogP contribution is 2.40. The molecular weight excluding hydrogens is 370 g/mol. The van der Waals surface area contributed by atoms with Crippen LogP contribution in [0.15, 0.2) is 46.8 Å². The summed E-state index contributed by atoms with van der Waals surface area (Å²) >= 11 is 0. The Morgan fingerprint density at radius 2 is 2.21 bits per heavy atom. The number of nitrogens with zero attached hydrogens (tertiary/aromatic N) is 3. The van der Waals surface area contributed by atoms with Gasteiger partial charge in [-0.2, -0.15) is 5.26 Å². The maximum atomic E-state index is 13.5. The summed E-state index contributed by atoms with van der Waals surface area (Å²) in [6, 6.07) is 7.58. The number of hydrogen-bond acceptors (Lipinski definition) is 6. The van der Waals surface area contributed by atoms with Gasteiger partial charge >= 0.3 is 0 Å². The predicted octanol–water partition coefficient (Wildman–Crippen LogP) is -0.315. The zero-order valence-corrected chi connectivity index (χ0v) is 16.4. The van der Waals surface area contributed by atoms with Crippen molar-refractivity contribution < 1.29 is 14.4 Å². The Kier molecular flexibility index (Phi) is 5.34. The van der Waals surface area contributed by atoms with Crippen LogP contribution in [0, 0.1) is 18.3 Å². The molecule has 0 amide bonds. The van der Waals surface area contributed by atoms with Gasteiger partial charge in [-0.05, 0) is 18.6 Å². The quantitative estimate of drug-likeness (QED) is 0.736. The van der Waals surface area contributed by atoms with Crippen molar-refractivity contribution in [3.8, 4) is 11.8 Å². The zero-order chi connectivity index (χ0) is 20.4. The molecule has 4 heterocycles. The Bertz CT molecular complexity index is 1030. The number of pyridine rings is 2. The lowest BCUT2D eigenvalue weighted by Gasteiger charge is -2.28. The molecule has 150 valence electrons. The molecule has 0 unspecified atom stereocenters. The number of quaternary nitrogens is 1. The van der Waals surface area contributed by atoms with Crippen LogP contribution in [-0.4, -0.2) is 42.4 Å². The van der Waals surface area contributed by atoms with E-state index < -0.39 is 5.92 Å². The topological polar surface area (TPSA) is 108 Å². The maximum Gasteiger partial charge on any atom is 0.258 e. The van der Waals surface area contributed by atoms with Crippen LogP contribution in [-0.2, 0) is 11.3 Å². The third-order valence-electron chi connectivity index (χ3n) is 5.60. The van der Waals surface area contributed by atoms with Gasteiger partial charge in [0.1, 0.15) is 30.5 Å². The maximum absolute atomic E-state index is 13.5. The van der Waals surface area contributed by atoms with Crippen LogP contribution in [0.3, 0.4) is 0 Å². The number of aromatic nitrogens is 2. The fourth-order valence-electron chi connectivity index (χ4n) is 4.02.